The zero-order chi connectivity index (χ0) is 19.2. The van der Waals surface area contributed by atoms with E-state index in [2.05, 4.69) is 4.72 Å². The molecular formula is C17H23NO7S. The van der Waals surface area contributed by atoms with Gasteiger partial charge in [-0.1, -0.05) is 13.3 Å². The maximum absolute atomic E-state index is 12.2. The second-order valence-electron chi connectivity index (χ2n) is 5.90. The number of sulfonamides is 1. The molecule has 0 aromatic heterocycles. The van der Waals surface area contributed by atoms with Crippen LogP contribution in [0.1, 0.15) is 37.0 Å². The Hall–Kier alpha value is -2.13. The fourth-order valence-corrected chi connectivity index (χ4v) is 3.69. The van der Waals surface area contributed by atoms with E-state index in [1.807, 2.05) is 6.92 Å². The van der Waals surface area contributed by atoms with Gasteiger partial charge in [-0.2, -0.15) is 0 Å². The average Bonchev–Trinajstić information content (AvgIpc) is 2.63. The molecule has 8 nitrogen and oxygen atoms in total. The fraction of sp³-hybridized carbons (Fsp3) is 0.529. The van der Waals surface area contributed by atoms with Gasteiger partial charge in [0.05, 0.1) is 5.75 Å². The predicted octanol–water partition coefficient (Wildman–Crippen LogP) is 1.29. The van der Waals surface area contributed by atoms with Crippen LogP contribution in [0.2, 0.25) is 0 Å². The summed E-state index contributed by atoms with van der Waals surface area (Å²) in [5.41, 5.74) is 0.318. The summed E-state index contributed by atoms with van der Waals surface area (Å²) < 4.78 is 41.5. The highest BCUT2D eigenvalue weighted by molar-refractivity contribution is 7.89. The number of benzene rings is 1. The first-order chi connectivity index (χ1) is 12.3. The third-order valence-electron chi connectivity index (χ3n) is 3.69. The molecule has 1 aromatic rings. The van der Waals surface area contributed by atoms with Crippen molar-refractivity contribution < 1.29 is 32.2 Å². The molecule has 0 amide bonds. The molecule has 0 aliphatic carbocycles. The molecule has 1 N–H and O–H groups in total. The summed E-state index contributed by atoms with van der Waals surface area (Å²) in [7, 11) is -3.56. The van der Waals surface area contributed by atoms with Crippen molar-refractivity contribution in [2.75, 3.05) is 25.6 Å². The first-order valence-corrected chi connectivity index (χ1v) is 10.1. The van der Waals surface area contributed by atoms with Crippen molar-refractivity contribution in [3.05, 3.63) is 23.8 Å². The molecule has 2 rings (SSSR count). The van der Waals surface area contributed by atoms with Gasteiger partial charge >= 0.3 is 5.97 Å². The highest BCUT2D eigenvalue weighted by Gasteiger charge is 2.22. The van der Waals surface area contributed by atoms with Gasteiger partial charge in [0.15, 0.2) is 23.9 Å². The molecule has 0 saturated carbocycles. The summed E-state index contributed by atoms with van der Waals surface area (Å²) >= 11 is 0. The van der Waals surface area contributed by atoms with E-state index in [1.54, 1.807) is 12.1 Å². The normalized spacial score (nSPS) is 14.5. The lowest BCUT2D eigenvalue weighted by molar-refractivity contribution is -0.144. The number of Topliss-reactive ketones (excluding diaryl/α,β-unsaturated/α-hetero) is 1. The van der Waals surface area contributed by atoms with Gasteiger partial charge < -0.3 is 14.2 Å². The van der Waals surface area contributed by atoms with Gasteiger partial charge in [0.1, 0.15) is 19.3 Å². The minimum absolute atomic E-state index is 0.0583. The molecule has 0 fully saturated rings. The number of carbonyl (C=O) groups excluding carboxylic acids is 2. The van der Waals surface area contributed by atoms with E-state index in [0.29, 0.717) is 36.7 Å². The third-order valence-corrected chi connectivity index (χ3v) is 5.22. The Bertz CT molecular complexity index is 760. The number of nitrogens with one attached hydrogen (secondary N) is 1. The third kappa shape index (κ3) is 5.70. The molecule has 144 valence electrons. The standard InChI is InChI=1S/C17H23NO7S/c1-3-4-9-26(21,22)18-12(2)17(20)25-11-14(19)13-5-6-15-16(10-13)24-8-7-23-15/h5-6,10,12,18H,3-4,7-9,11H2,1-2H3/t12-/m0/s1. The van der Waals surface area contributed by atoms with Gasteiger partial charge in [0.25, 0.3) is 0 Å². The molecule has 1 aliphatic rings. The molecule has 9 heteroatoms. The summed E-state index contributed by atoms with van der Waals surface area (Å²) in [5, 5.41) is 0. The van der Waals surface area contributed by atoms with E-state index in [-0.39, 0.29) is 5.75 Å². The van der Waals surface area contributed by atoms with Crippen LogP contribution in [0.3, 0.4) is 0 Å². The number of ether oxygens (including phenoxy) is 3. The number of hydrogen-bond acceptors (Lipinski definition) is 7. The van der Waals surface area contributed by atoms with E-state index in [0.717, 1.165) is 6.42 Å². The Morgan fingerprint density at radius 1 is 1.23 bits per heavy atom. The molecule has 1 aromatic carbocycles. The summed E-state index contributed by atoms with van der Waals surface area (Å²) in [6.07, 6.45) is 1.23. The van der Waals surface area contributed by atoms with Crippen molar-refractivity contribution in [3.8, 4) is 11.5 Å². The minimum atomic E-state index is -3.56. The lowest BCUT2D eigenvalue weighted by Crippen LogP contribution is -2.41. The molecule has 1 heterocycles. The summed E-state index contributed by atoms with van der Waals surface area (Å²) in [5.74, 6) is -0.269. The molecule has 0 spiro atoms. The van der Waals surface area contributed by atoms with Crippen molar-refractivity contribution in [2.24, 2.45) is 0 Å². The van der Waals surface area contributed by atoms with Gasteiger partial charge in [0.2, 0.25) is 10.0 Å². The largest absolute Gasteiger partial charge is 0.486 e. The van der Waals surface area contributed by atoms with E-state index in [1.165, 1.54) is 13.0 Å². The lowest BCUT2D eigenvalue weighted by atomic mass is 10.1. The Morgan fingerprint density at radius 3 is 2.62 bits per heavy atom. The number of esters is 1. The highest BCUT2D eigenvalue weighted by atomic mass is 32.2. The van der Waals surface area contributed by atoms with Crippen molar-refractivity contribution in [2.45, 2.75) is 32.7 Å². The van der Waals surface area contributed by atoms with Crippen LogP contribution >= 0.6 is 0 Å². The van der Waals surface area contributed by atoms with Crippen molar-refractivity contribution in [1.82, 2.24) is 4.72 Å². The Balaban J connectivity index is 1.87. The van der Waals surface area contributed by atoms with Crippen molar-refractivity contribution in [3.63, 3.8) is 0 Å². The molecular weight excluding hydrogens is 362 g/mol. The number of unbranched alkanes of at least 4 members (excludes halogenated alkanes) is 1. The van der Waals surface area contributed by atoms with Crippen molar-refractivity contribution >= 4 is 21.8 Å². The van der Waals surface area contributed by atoms with E-state index >= 15 is 0 Å². The average molecular weight is 385 g/mol. The number of fused-ring (bicyclic) bond motifs is 1. The van der Waals surface area contributed by atoms with Gasteiger partial charge in [-0.3, -0.25) is 9.59 Å². The van der Waals surface area contributed by atoms with Crippen molar-refractivity contribution in [1.29, 1.82) is 0 Å². The number of ketones is 1. The quantitative estimate of drug-likeness (QED) is 0.504. The van der Waals surface area contributed by atoms with Crippen LogP contribution in [-0.2, 0) is 19.6 Å². The summed E-state index contributed by atoms with van der Waals surface area (Å²) in [6.45, 7) is 3.61. The van der Waals surface area contributed by atoms with Crippen LogP contribution in [-0.4, -0.2) is 51.8 Å². The molecule has 26 heavy (non-hydrogen) atoms. The Labute approximate surface area is 152 Å². The van der Waals surface area contributed by atoms with Gasteiger partial charge in [0, 0.05) is 5.56 Å². The maximum atomic E-state index is 12.2. The first kappa shape index (κ1) is 20.2. The zero-order valence-electron chi connectivity index (χ0n) is 14.8. The predicted molar refractivity (Wildman–Crippen MR) is 94.0 cm³/mol. The second-order valence-corrected chi connectivity index (χ2v) is 7.77. The van der Waals surface area contributed by atoms with Crippen LogP contribution in [0.5, 0.6) is 11.5 Å². The van der Waals surface area contributed by atoms with Crippen LogP contribution in [0, 0.1) is 0 Å². The number of carbonyl (C=O) groups is 2. The summed E-state index contributed by atoms with van der Waals surface area (Å²) in [6, 6.07) is 3.64. The monoisotopic (exact) mass is 385 g/mol. The summed E-state index contributed by atoms with van der Waals surface area (Å²) in [4.78, 5) is 24.1. The highest BCUT2D eigenvalue weighted by Crippen LogP contribution is 2.30. The van der Waals surface area contributed by atoms with Crippen LogP contribution in [0.25, 0.3) is 0 Å². The lowest BCUT2D eigenvalue weighted by Gasteiger charge is -2.18. The molecule has 0 bridgehead atoms. The molecule has 0 unspecified atom stereocenters. The van der Waals surface area contributed by atoms with Crippen LogP contribution in [0.15, 0.2) is 18.2 Å². The van der Waals surface area contributed by atoms with Crippen LogP contribution in [0.4, 0.5) is 0 Å². The van der Waals surface area contributed by atoms with Gasteiger partial charge in [-0.15, -0.1) is 0 Å². The first-order valence-electron chi connectivity index (χ1n) is 8.42. The maximum Gasteiger partial charge on any atom is 0.324 e. The SMILES string of the molecule is CCCCS(=O)(=O)N[C@@H](C)C(=O)OCC(=O)c1ccc2c(c1)OCCO2. The number of rotatable bonds is 9. The van der Waals surface area contributed by atoms with E-state index in [9.17, 15) is 18.0 Å². The van der Waals surface area contributed by atoms with Crippen LogP contribution < -0.4 is 14.2 Å². The smallest absolute Gasteiger partial charge is 0.324 e. The van der Waals surface area contributed by atoms with Gasteiger partial charge in [-0.25, -0.2) is 13.1 Å². The van der Waals surface area contributed by atoms with E-state index in [4.69, 9.17) is 14.2 Å². The molecule has 0 saturated heterocycles. The topological polar surface area (TPSA) is 108 Å². The Morgan fingerprint density at radius 2 is 1.92 bits per heavy atom. The molecule has 0 radical (unpaired) electrons. The number of hydrogen-bond donors (Lipinski definition) is 1. The second kappa shape index (κ2) is 9.00. The van der Waals surface area contributed by atoms with Gasteiger partial charge in [-0.05, 0) is 31.5 Å². The van der Waals surface area contributed by atoms with E-state index < -0.39 is 34.4 Å². The molecule has 1 aliphatic heterocycles. The Kier molecular flexibility index (Phi) is 6.98. The zero-order valence-corrected chi connectivity index (χ0v) is 15.6. The minimum Gasteiger partial charge on any atom is -0.486 e. The molecule has 1 atom stereocenters. The fourth-order valence-electron chi connectivity index (χ4n) is 2.27.